The molecule has 6 aliphatic rings. The normalized spacial score (nSPS) is 32.3. The zero-order chi connectivity index (χ0) is 38.8. The van der Waals surface area contributed by atoms with Crippen molar-refractivity contribution < 1.29 is 43.2 Å². The Hall–Kier alpha value is -2.16. The summed E-state index contributed by atoms with van der Waals surface area (Å²) in [6.45, 7) is 25.3. The molecule has 9 heteroatoms. The van der Waals surface area contributed by atoms with E-state index in [2.05, 4.69) is 13.8 Å². The number of hydrogen-bond acceptors (Lipinski definition) is 9. The topological polar surface area (TPSA) is 125 Å². The monoisotopic (exact) mass is 721 g/mol. The average Bonchev–Trinajstić information content (AvgIpc) is 3.59. The Bertz CT molecular complexity index is 1240. The molecule has 0 radical (unpaired) electrons. The van der Waals surface area contributed by atoms with Crippen LogP contribution in [0.3, 0.4) is 0 Å². The molecule has 0 aromatic rings. The van der Waals surface area contributed by atoms with Crippen molar-refractivity contribution in [2.75, 3.05) is 0 Å². The van der Waals surface area contributed by atoms with Gasteiger partial charge in [0.2, 0.25) is 0 Å². The van der Waals surface area contributed by atoms with Crippen LogP contribution < -0.4 is 0 Å². The minimum absolute atomic E-state index is 0.0226. The molecule has 6 fully saturated rings. The van der Waals surface area contributed by atoms with Gasteiger partial charge in [0.1, 0.15) is 17.3 Å². The van der Waals surface area contributed by atoms with E-state index in [0.717, 1.165) is 51.4 Å². The predicted octanol–water partition coefficient (Wildman–Crippen LogP) is 9.04. The van der Waals surface area contributed by atoms with Crippen molar-refractivity contribution in [2.45, 2.75) is 208 Å². The summed E-state index contributed by atoms with van der Waals surface area (Å²) in [7, 11) is 0. The van der Waals surface area contributed by atoms with Crippen LogP contribution in [0, 0.1) is 34.0 Å². The second-order valence-corrected chi connectivity index (χ2v) is 19.3. The smallest absolute Gasteiger partial charge is 0.312 e. The van der Waals surface area contributed by atoms with Gasteiger partial charge in [-0.3, -0.25) is 19.2 Å². The highest BCUT2D eigenvalue weighted by molar-refractivity contribution is 5.79. The first kappa shape index (κ1) is 43.2. The summed E-state index contributed by atoms with van der Waals surface area (Å²) in [6.07, 6.45) is 12.2. The number of rotatable bonds is 10. The molecule has 0 aromatic heterocycles. The summed E-state index contributed by atoms with van der Waals surface area (Å²) in [5.41, 5.74) is -3.18. The van der Waals surface area contributed by atoms with Crippen LogP contribution >= 0.6 is 0 Å². The van der Waals surface area contributed by atoms with Crippen molar-refractivity contribution in [2.24, 2.45) is 34.0 Å². The number of esters is 4. The van der Waals surface area contributed by atoms with Crippen molar-refractivity contribution in [1.82, 2.24) is 0 Å². The third-order valence-corrected chi connectivity index (χ3v) is 13.4. The second kappa shape index (κ2) is 15.7. The van der Waals surface area contributed by atoms with Gasteiger partial charge >= 0.3 is 23.9 Å². The summed E-state index contributed by atoms with van der Waals surface area (Å²) in [5, 5.41) is 10.6. The molecule has 0 spiro atoms. The fourth-order valence-electron chi connectivity index (χ4n) is 8.37. The molecule has 5 aliphatic carbocycles. The molecule has 1 aliphatic heterocycles. The Morgan fingerprint density at radius 2 is 1.22 bits per heavy atom. The third kappa shape index (κ3) is 10.1. The van der Waals surface area contributed by atoms with E-state index in [1.165, 1.54) is 19.3 Å². The number of carbonyl (C=O) groups excluding carboxylic acids is 4. The number of hydrogen-bond donors (Lipinski definition) is 1. The lowest BCUT2D eigenvalue weighted by molar-refractivity contribution is -0.225. The van der Waals surface area contributed by atoms with Gasteiger partial charge in [-0.15, -0.1) is 0 Å². The van der Waals surface area contributed by atoms with Gasteiger partial charge in [0.15, 0.2) is 5.60 Å². The minimum atomic E-state index is -0.819. The summed E-state index contributed by atoms with van der Waals surface area (Å²) in [5.74, 6) is 0.852. The number of carbonyl (C=O) groups is 4. The molecule has 1 N–H and O–H groups in total. The molecule has 6 rings (SSSR count). The Kier molecular flexibility index (Phi) is 13.3. The Labute approximate surface area is 309 Å². The van der Waals surface area contributed by atoms with Crippen LogP contribution in [-0.2, 0) is 38.1 Å². The Morgan fingerprint density at radius 3 is 1.59 bits per heavy atom. The van der Waals surface area contributed by atoms with Crippen molar-refractivity contribution in [1.29, 1.82) is 0 Å². The molecular formula is C42H72O9. The highest BCUT2D eigenvalue weighted by atomic mass is 16.6. The van der Waals surface area contributed by atoms with Crippen molar-refractivity contribution in [3.05, 3.63) is 0 Å². The fraction of sp³-hybridized carbons (Fsp3) is 0.905. The van der Waals surface area contributed by atoms with Crippen LogP contribution in [0.25, 0.3) is 0 Å². The van der Waals surface area contributed by atoms with Crippen LogP contribution in [0.4, 0.5) is 0 Å². The summed E-state index contributed by atoms with van der Waals surface area (Å²) in [4.78, 5) is 47.6. The van der Waals surface area contributed by atoms with Gasteiger partial charge in [-0.1, -0.05) is 34.6 Å². The largest absolute Gasteiger partial charge is 0.459 e. The van der Waals surface area contributed by atoms with Crippen LogP contribution in [0.15, 0.2) is 0 Å². The minimum Gasteiger partial charge on any atom is -0.459 e. The zero-order valence-electron chi connectivity index (χ0n) is 34.4. The molecule has 0 aromatic carbocycles. The van der Waals surface area contributed by atoms with Crippen molar-refractivity contribution in [3.63, 3.8) is 0 Å². The lowest BCUT2D eigenvalue weighted by atomic mass is 9.52. The number of ether oxygens (including phenoxy) is 4. The van der Waals surface area contributed by atoms with Crippen LogP contribution in [0.5, 0.6) is 0 Å². The van der Waals surface area contributed by atoms with Crippen molar-refractivity contribution >= 4 is 23.9 Å². The van der Waals surface area contributed by atoms with Crippen molar-refractivity contribution in [3.8, 4) is 0 Å². The van der Waals surface area contributed by atoms with E-state index < -0.39 is 22.0 Å². The highest BCUT2D eigenvalue weighted by Crippen LogP contribution is 2.59. The molecule has 5 saturated carbocycles. The quantitative estimate of drug-likeness (QED) is 0.174. The van der Waals surface area contributed by atoms with Crippen LogP contribution in [0.1, 0.15) is 180 Å². The standard InChI is InChI=1S/C16H26O3.C14H26O2.C12H20O4/c1-4-14(2,3)13(17)19-16-8-11-5-12(9-16)7-15(18,6-11)10-16;1-6-13(4,5)12(15)16-14(11(2)3)9-7-8-10-14;1-6-11(3,4)10(14)16-12(5)7-9(13)15-8(12)2/h11-12,18H,4-10H2,1-3H3;11H,6-10H2,1-5H3;8H,6-7H2,1-5H3. The van der Waals surface area contributed by atoms with Crippen LogP contribution in [0.2, 0.25) is 0 Å². The Balaban J connectivity index is 0.000000208. The molecule has 4 atom stereocenters. The second-order valence-electron chi connectivity index (χ2n) is 19.3. The molecule has 51 heavy (non-hydrogen) atoms. The van der Waals surface area contributed by atoms with Gasteiger partial charge in [0.25, 0.3) is 0 Å². The maximum absolute atomic E-state index is 12.4. The molecule has 0 amide bonds. The highest BCUT2D eigenvalue weighted by Gasteiger charge is 2.59. The zero-order valence-corrected chi connectivity index (χ0v) is 34.4. The average molecular weight is 721 g/mol. The maximum Gasteiger partial charge on any atom is 0.312 e. The number of aliphatic hydroxyl groups is 1. The summed E-state index contributed by atoms with van der Waals surface area (Å²) >= 11 is 0. The molecule has 9 nitrogen and oxygen atoms in total. The lowest BCUT2D eigenvalue weighted by Gasteiger charge is -2.59. The maximum atomic E-state index is 12.4. The molecule has 4 unspecified atom stereocenters. The SMILES string of the molecule is CCC(C)(C)C(=O)OC1(C(C)C)CCCC1.CCC(C)(C)C(=O)OC1(C)CC(=O)OC1C.CCC(C)(C)C(=O)OC12CC3CC(CC(O)(C3)C1)C2. The van der Waals surface area contributed by atoms with E-state index in [9.17, 15) is 24.3 Å². The predicted molar refractivity (Wildman–Crippen MR) is 197 cm³/mol. The molecule has 1 saturated heterocycles. The van der Waals surface area contributed by atoms with E-state index in [4.69, 9.17) is 18.9 Å². The van der Waals surface area contributed by atoms with E-state index in [1.807, 2.05) is 62.3 Å². The first-order valence-corrected chi connectivity index (χ1v) is 19.9. The summed E-state index contributed by atoms with van der Waals surface area (Å²) in [6, 6.07) is 0. The summed E-state index contributed by atoms with van der Waals surface area (Å²) < 4.78 is 22.3. The van der Waals surface area contributed by atoms with E-state index in [-0.39, 0.29) is 53.0 Å². The van der Waals surface area contributed by atoms with Gasteiger partial charge < -0.3 is 24.1 Å². The van der Waals surface area contributed by atoms with Gasteiger partial charge in [-0.05, 0) is 150 Å². The van der Waals surface area contributed by atoms with Gasteiger partial charge in [-0.25, -0.2) is 0 Å². The fourth-order valence-corrected chi connectivity index (χ4v) is 8.37. The van der Waals surface area contributed by atoms with Crippen LogP contribution in [-0.4, -0.2) is 57.5 Å². The van der Waals surface area contributed by atoms with Gasteiger partial charge in [0, 0.05) is 6.42 Å². The number of cyclic esters (lactones) is 1. The van der Waals surface area contributed by atoms with E-state index in [0.29, 0.717) is 30.6 Å². The molecule has 294 valence electrons. The lowest BCUT2D eigenvalue weighted by Crippen LogP contribution is -2.61. The van der Waals surface area contributed by atoms with E-state index in [1.54, 1.807) is 13.8 Å². The molecule has 1 heterocycles. The van der Waals surface area contributed by atoms with Gasteiger partial charge in [0.05, 0.1) is 28.3 Å². The molecular weight excluding hydrogens is 648 g/mol. The Morgan fingerprint density at radius 1 is 0.784 bits per heavy atom. The van der Waals surface area contributed by atoms with E-state index >= 15 is 0 Å². The first-order valence-electron chi connectivity index (χ1n) is 19.9. The third-order valence-electron chi connectivity index (χ3n) is 13.4. The van der Waals surface area contributed by atoms with Gasteiger partial charge in [-0.2, -0.15) is 0 Å². The molecule has 4 bridgehead atoms. The first-order chi connectivity index (χ1) is 23.3.